The molecule has 0 fully saturated rings. The zero-order valence-electron chi connectivity index (χ0n) is 12.4. The first-order valence-corrected chi connectivity index (χ1v) is 6.86. The first-order valence-electron chi connectivity index (χ1n) is 6.86. The summed E-state index contributed by atoms with van der Waals surface area (Å²) in [6.45, 7) is 1.80. The molecule has 1 heterocycles. The average Bonchev–Trinajstić information content (AvgIpc) is 2.93. The van der Waals surface area contributed by atoms with E-state index < -0.39 is 17.9 Å². The summed E-state index contributed by atoms with van der Waals surface area (Å²) in [6.07, 6.45) is 3.69. The van der Waals surface area contributed by atoms with Crippen molar-refractivity contribution < 1.29 is 19.4 Å². The predicted molar refractivity (Wildman–Crippen MR) is 83.2 cm³/mol. The van der Waals surface area contributed by atoms with Crippen molar-refractivity contribution in [2.75, 3.05) is 7.11 Å². The van der Waals surface area contributed by atoms with E-state index in [9.17, 15) is 9.59 Å². The van der Waals surface area contributed by atoms with Crippen molar-refractivity contribution in [2.24, 2.45) is 0 Å². The Hall–Kier alpha value is -2.76. The molecule has 0 aliphatic heterocycles. The van der Waals surface area contributed by atoms with E-state index in [0.29, 0.717) is 11.4 Å². The van der Waals surface area contributed by atoms with Crippen molar-refractivity contribution in [3.8, 4) is 5.75 Å². The molecule has 3 N–H and O–H groups in total. The summed E-state index contributed by atoms with van der Waals surface area (Å²) in [6, 6.07) is 6.11. The highest BCUT2D eigenvalue weighted by molar-refractivity contribution is 5.99. The molecule has 1 aromatic heterocycles. The van der Waals surface area contributed by atoms with Crippen LogP contribution in [0.3, 0.4) is 0 Å². The minimum absolute atomic E-state index is 0.242. The number of rotatable bonds is 6. The number of carboxylic acid groups (broad SMARTS) is 1. The molecule has 2 aromatic rings. The molecule has 0 saturated carbocycles. The summed E-state index contributed by atoms with van der Waals surface area (Å²) >= 11 is 0. The van der Waals surface area contributed by atoms with Gasteiger partial charge in [0, 0.05) is 10.9 Å². The van der Waals surface area contributed by atoms with Crippen LogP contribution in [0.25, 0.3) is 10.9 Å². The predicted octanol–water partition coefficient (Wildman–Crippen LogP) is 2.33. The summed E-state index contributed by atoms with van der Waals surface area (Å²) in [4.78, 5) is 26.3. The maximum absolute atomic E-state index is 12.2. The molecule has 2 rings (SSSR count). The van der Waals surface area contributed by atoms with E-state index in [1.807, 2.05) is 0 Å². The Morgan fingerprint density at radius 3 is 2.82 bits per heavy atom. The largest absolute Gasteiger partial charge is 0.497 e. The van der Waals surface area contributed by atoms with E-state index >= 15 is 0 Å². The van der Waals surface area contributed by atoms with Gasteiger partial charge >= 0.3 is 5.97 Å². The number of hydrogen-bond acceptors (Lipinski definition) is 3. The first-order chi connectivity index (χ1) is 10.5. The normalized spacial score (nSPS) is 12.5. The molecule has 1 atom stereocenters. The van der Waals surface area contributed by atoms with Gasteiger partial charge in [-0.3, -0.25) is 4.79 Å². The van der Waals surface area contributed by atoms with Crippen molar-refractivity contribution in [1.29, 1.82) is 0 Å². The van der Waals surface area contributed by atoms with Crippen molar-refractivity contribution in [3.05, 3.63) is 42.1 Å². The fraction of sp³-hybridized carbons (Fsp3) is 0.250. The SMILES string of the molecule is C/C=C/CC(NC(=O)c1cc2cc(OC)ccc2[nH]1)C(=O)O. The zero-order chi connectivity index (χ0) is 16.1. The third-order valence-electron chi connectivity index (χ3n) is 3.28. The number of carbonyl (C=O) groups excluding carboxylic acids is 1. The van der Waals surface area contributed by atoms with Crippen LogP contribution >= 0.6 is 0 Å². The fourth-order valence-corrected chi connectivity index (χ4v) is 2.09. The molecule has 0 aliphatic carbocycles. The quantitative estimate of drug-likeness (QED) is 0.714. The lowest BCUT2D eigenvalue weighted by molar-refractivity contribution is -0.139. The van der Waals surface area contributed by atoms with E-state index in [1.165, 1.54) is 0 Å². The van der Waals surface area contributed by atoms with Gasteiger partial charge in [-0.1, -0.05) is 12.2 Å². The Morgan fingerprint density at radius 2 is 2.18 bits per heavy atom. The van der Waals surface area contributed by atoms with Crippen LogP contribution in [-0.4, -0.2) is 35.1 Å². The van der Waals surface area contributed by atoms with Gasteiger partial charge in [0.05, 0.1) is 7.11 Å². The van der Waals surface area contributed by atoms with Gasteiger partial charge in [-0.15, -0.1) is 0 Å². The number of allylic oxidation sites excluding steroid dienone is 1. The molecule has 0 radical (unpaired) electrons. The van der Waals surface area contributed by atoms with Gasteiger partial charge in [0.2, 0.25) is 0 Å². The van der Waals surface area contributed by atoms with Crippen LogP contribution in [0.5, 0.6) is 5.75 Å². The van der Waals surface area contributed by atoms with Crippen LogP contribution in [0.15, 0.2) is 36.4 Å². The average molecular weight is 302 g/mol. The number of fused-ring (bicyclic) bond motifs is 1. The fourth-order valence-electron chi connectivity index (χ4n) is 2.09. The molecule has 0 bridgehead atoms. The highest BCUT2D eigenvalue weighted by atomic mass is 16.5. The second-order valence-corrected chi connectivity index (χ2v) is 4.81. The van der Waals surface area contributed by atoms with Crippen LogP contribution in [0, 0.1) is 0 Å². The zero-order valence-corrected chi connectivity index (χ0v) is 12.4. The second kappa shape index (κ2) is 6.80. The van der Waals surface area contributed by atoms with Gasteiger partial charge in [0.15, 0.2) is 0 Å². The highest BCUT2D eigenvalue weighted by Gasteiger charge is 2.20. The maximum Gasteiger partial charge on any atom is 0.326 e. The minimum atomic E-state index is -1.07. The number of carbonyl (C=O) groups is 2. The smallest absolute Gasteiger partial charge is 0.326 e. The van der Waals surface area contributed by atoms with E-state index in [1.54, 1.807) is 50.5 Å². The molecular formula is C16H18N2O4. The Morgan fingerprint density at radius 1 is 1.41 bits per heavy atom. The molecular weight excluding hydrogens is 284 g/mol. The molecule has 1 aromatic carbocycles. The van der Waals surface area contributed by atoms with Gasteiger partial charge < -0.3 is 20.1 Å². The Labute approximate surface area is 127 Å². The van der Waals surface area contributed by atoms with Gasteiger partial charge in [0.25, 0.3) is 5.91 Å². The summed E-state index contributed by atoms with van der Waals surface area (Å²) in [5.74, 6) is -0.828. The van der Waals surface area contributed by atoms with Crippen LogP contribution in [0.4, 0.5) is 0 Å². The van der Waals surface area contributed by atoms with Crippen LogP contribution in [0.2, 0.25) is 0 Å². The van der Waals surface area contributed by atoms with Crippen molar-refractivity contribution >= 4 is 22.8 Å². The molecule has 116 valence electrons. The number of hydrogen-bond donors (Lipinski definition) is 3. The highest BCUT2D eigenvalue weighted by Crippen LogP contribution is 2.21. The lowest BCUT2D eigenvalue weighted by atomic mass is 10.2. The molecule has 0 spiro atoms. The minimum Gasteiger partial charge on any atom is -0.497 e. The van der Waals surface area contributed by atoms with Crippen molar-refractivity contribution in [1.82, 2.24) is 10.3 Å². The Kier molecular flexibility index (Phi) is 4.83. The number of aliphatic carboxylic acids is 1. The van der Waals surface area contributed by atoms with Crippen molar-refractivity contribution in [3.63, 3.8) is 0 Å². The van der Waals surface area contributed by atoms with Gasteiger partial charge in [-0.25, -0.2) is 4.79 Å². The Bertz CT molecular complexity index is 718. The number of methoxy groups -OCH3 is 1. The van der Waals surface area contributed by atoms with Crippen LogP contribution < -0.4 is 10.1 Å². The molecule has 0 aliphatic rings. The third-order valence-corrected chi connectivity index (χ3v) is 3.28. The molecule has 22 heavy (non-hydrogen) atoms. The molecule has 1 amide bonds. The summed E-state index contributed by atoms with van der Waals surface area (Å²) in [5, 5.41) is 12.5. The number of ether oxygens (including phenoxy) is 1. The van der Waals surface area contributed by atoms with E-state index in [2.05, 4.69) is 10.3 Å². The number of amides is 1. The van der Waals surface area contributed by atoms with E-state index in [4.69, 9.17) is 9.84 Å². The van der Waals surface area contributed by atoms with E-state index in [0.717, 1.165) is 10.9 Å². The van der Waals surface area contributed by atoms with Gasteiger partial charge in [-0.05, 0) is 37.6 Å². The first kappa shape index (κ1) is 15.6. The van der Waals surface area contributed by atoms with Gasteiger partial charge in [-0.2, -0.15) is 0 Å². The maximum atomic E-state index is 12.2. The number of benzene rings is 1. The molecule has 6 nitrogen and oxygen atoms in total. The number of carboxylic acids is 1. The molecule has 6 heteroatoms. The summed E-state index contributed by atoms with van der Waals surface area (Å²) in [7, 11) is 1.57. The Balaban J connectivity index is 2.19. The summed E-state index contributed by atoms with van der Waals surface area (Å²) < 4.78 is 5.13. The molecule has 1 unspecified atom stereocenters. The standard InChI is InChI=1S/C16H18N2O4/c1-3-4-5-13(16(20)21)18-15(19)14-9-10-8-11(22-2)6-7-12(10)17-14/h3-4,6-9,13,17H,5H2,1-2H3,(H,18,19)(H,20,21)/b4-3+. The topological polar surface area (TPSA) is 91.4 Å². The second-order valence-electron chi connectivity index (χ2n) is 4.81. The van der Waals surface area contributed by atoms with Crippen LogP contribution in [-0.2, 0) is 4.79 Å². The van der Waals surface area contributed by atoms with Crippen molar-refractivity contribution in [2.45, 2.75) is 19.4 Å². The third kappa shape index (κ3) is 3.46. The number of aromatic nitrogens is 1. The van der Waals surface area contributed by atoms with Crippen LogP contribution in [0.1, 0.15) is 23.8 Å². The number of nitrogens with one attached hydrogen (secondary N) is 2. The lowest BCUT2D eigenvalue weighted by Crippen LogP contribution is -2.40. The van der Waals surface area contributed by atoms with Gasteiger partial charge in [0.1, 0.15) is 17.5 Å². The molecule has 0 saturated heterocycles. The summed E-state index contributed by atoms with van der Waals surface area (Å²) in [5.41, 5.74) is 1.10. The number of aromatic amines is 1. The lowest BCUT2D eigenvalue weighted by Gasteiger charge is -2.11. The monoisotopic (exact) mass is 302 g/mol. The van der Waals surface area contributed by atoms with E-state index in [-0.39, 0.29) is 6.42 Å². The number of H-pyrrole nitrogens is 1.